The molecule has 1 aliphatic rings. The van der Waals surface area contributed by atoms with Crippen molar-refractivity contribution in [1.82, 2.24) is 0 Å². The van der Waals surface area contributed by atoms with Crippen LogP contribution in [0.3, 0.4) is 0 Å². The highest BCUT2D eigenvalue weighted by molar-refractivity contribution is 5.51. The third-order valence-corrected chi connectivity index (χ3v) is 5.35. The fourth-order valence-corrected chi connectivity index (χ4v) is 3.71. The van der Waals surface area contributed by atoms with E-state index in [-0.39, 0.29) is 10.8 Å². The zero-order valence-electron chi connectivity index (χ0n) is 12.3. The van der Waals surface area contributed by atoms with Gasteiger partial charge in [0.25, 0.3) is 0 Å². The molecule has 0 N–H and O–H groups in total. The number of benzene rings is 2. The highest BCUT2D eigenvalue weighted by Crippen LogP contribution is 2.53. The fourth-order valence-electron chi connectivity index (χ4n) is 3.71. The maximum absolute atomic E-state index is 2.42. The standard InChI is InChI=1S/C19H22/c1-14-9-5-7-11-16(14)18(2,3)19(4)13-15-10-6-8-12-17(15)19/h5-12H,13H2,1-4H3/t19-/m0/s1. The van der Waals surface area contributed by atoms with E-state index in [0.717, 1.165) is 0 Å². The number of rotatable bonds is 2. The van der Waals surface area contributed by atoms with Gasteiger partial charge in [0.2, 0.25) is 0 Å². The monoisotopic (exact) mass is 250 g/mol. The molecule has 1 atom stereocenters. The van der Waals surface area contributed by atoms with Gasteiger partial charge in [0.15, 0.2) is 0 Å². The molecule has 98 valence electrons. The molecule has 0 aromatic heterocycles. The summed E-state index contributed by atoms with van der Waals surface area (Å²) in [5.41, 5.74) is 6.34. The lowest BCUT2D eigenvalue weighted by Crippen LogP contribution is -2.51. The first-order chi connectivity index (χ1) is 8.97. The molecule has 0 nitrogen and oxygen atoms in total. The molecule has 0 aliphatic heterocycles. The van der Waals surface area contributed by atoms with Crippen LogP contribution in [-0.2, 0) is 17.3 Å². The maximum Gasteiger partial charge on any atom is 0.00594 e. The van der Waals surface area contributed by atoms with Crippen LogP contribution >= 0.6 is 0 Å². The van der Waals surface area contributed by atoms with Gasteiger partial charge in [-0.2, -0.15) is 0 Å². The summed E-state index contributed by atoms with van der Waals surface area (Å²) in [7, 11) is 0. The summed E-state index contributed by atoms with van der Waals surface area (Å²) in [6.07, 6.45) is 1.19. The van der Waals surface area contributed by atoms with Crippen molar-refractivity contribution < 1.29 is 0 Å². The third-order valence-electron chi connectivity index (χ3n) is 5.35. The van der Waals surface area contributed by atoms with Crippen LogP contribution in [0.2, 0.25) is 0 Å². The van der Waals surface area contributed by atoms with E-state index in [4.69, 9.17) is 0 Å². The van der Waals surface area contributed by atoms with Gasteiger partial charge in [-0.25, -0.2) is 0 Å². The molecule has 0 fully saturated rings. The second-order valence-corrected chi connectivity index (χ2v) is 6.61. The van der Waals surface area contributed by atoms with E-state index in [0.29, 0.717) is 0 Å². The quantitative estimate of drug-likeness (QED) is 0.719. The van der Waals surface area contributed by atoms with Crippen molar-refractivity contribution >= 4 is 0 Å². The van der Waals surface area contributed by atoms with Gasteiger partial charge in [0.05, 0.1) is 0 Å². The zero-order chi connectivity index (χ0) is 13.7. The molecule has 0 heterocycles. The van der Waals surface area contributed by atoms with E-state index in [1.54, 1.807) is 0 Å². The molecule has 0 unspecified atom stereocenters. The van der Waals surface area contributed by atoms with Crippen LogP contribution in [0.5, 0.6) is 0 Å². The Kier molecular flexibility index (Phi) is 2.60. The summed E-state index contributed by atoms with van der Waals surface area (Å²) in [4.78, 5) is 0. The lowest BCUT2D eigenvalue weighted by atomic mass is 9.50. The first kappa shape index (κ1) is 12.5. The molecule has 0 spiro atoms. The molecular weight excluding hydrogens is 228 g/mol. The van der Waals surface area contributed by atoms with Gasteiger partial charge in [-0.05, 0) is 41.0 Å². The van der Waals surface area contributed by atoms with Gasteiger partial charge in [0, 0.05) is 5.41 Å². The molecule has 2 aromatic rings. The predicted molar refractivity (Wildman–Crippen MR) is 81.7 cm³/mol. The molecule has 3 rings (SSSR count). The van der Waals surface area contributed by atoms with Crippen molar-refractivity contribution in [1.29, 1.82) is 0 Å². The minimum atomic E-state index is 0.159. The van der Waals surface area contributed by atoms with Crippen LogP contribution in [0.4, 0.5) is 0 Å². The molecule has 0 saturated heterocycles. The van der Waals surface area contributed by atoms with Gasteiger partial charge in [-0.15, -0.1) is 0 Å². The van der Waals surface area contributed by atoms with Gasteiger partial charge >= 0.3 is 0 Å². The number of fused-ring (bicyclic) bond motifs is 1. The molecule has 0 amide bonds. The molecule has 2 aromatic carbocycles. The molecule has 0 bridgehead atoms. The van der Waals surface area contributed by atoms with E-state index >= 15 is 0 Å². The van der Waals surface area contributed by atoms with Crippen molar-refractivity contribution in [2.45, 2.75) is 44.9 Å². The highest BCUT2D eigenvalue weighted by Gasteiger charge is 2.50. The fraction of sp³-hybridized carbons (Fsp3) is 0.368. The summed E-state index contributed by atoms with van der Waals surface area (Å²) >= 11 is 0. The number of hydrogen-bond donors (Lipinski definition) is 0. The van der Waals surface area contributed by atoms with Crippen LogP contribution in [-0.4, -0.2) is 0 Å². The Labute approximate surface area is 116 Å². The Morgan fingerprint density at radius 3 is 2.26 bits per heavy atom. The van der Waals surface area contributed by atoms with Gasteiger partial charge in [-0.3, -0.25) is 0 Å². The predicted octanol–water partition coefficient (Wildman–Crippen LogP) is 4.79. The Bertz CT molecular complexity index is 621. The van der Waals surface area contributed by atoms with Crippen LogP contribution in [0.15, 0.2) is 48.5 Å². The molecule has 1 aliphatic carbocycles. The van der Waals surface area contributed by atoms with E-state index in [2.05, 4.69) is 76.2 Å². The number of hydrogen-bond acceptors (Lipinski definition) is 0. The minimum absolute atomic E-state index is 0.159. The van der Waals surface area contributed by atoms with Crippen molar-refractivity contribution in [3.8, 4) is 0 Å². The second kappa shape index (κ2) is 3.96. The largest absolute Gasteiger partial charge is 0.0620 e. The molecular formula is C19H22. The lowest BCUT2D eigenvalue weighted by Gasteiger charge is -2.53. The number of aryl methyl sites for hydroxylation is 1. The first-order valence-corrected chi connectivity index (χ1v) is 7.11. The van der Waals surface area contributed by atoms with Gasteiger partial charge in [0.1, 0.15) is 0 Å². The Morgan fingerprint density at radius 2 is 1.58 bits per heavy atom. The van der Waals surface area contributed by atoms with Crippen molar-refractivity contribution in [2.75, 3.05) is 0 Å². The summed E-state index contributed by atoms with van der Waals surface area (Å²) < 4.78 is 0. The highest BCUT2D eigenvalue weighted by atomic mass is 14.5. The van der Waals surface area contributed by atoms with E-state index in [9.17, 15) is 0 Å². The molecule has 0 radical (unpaired) electrons. The average Bonchev–Trinajstić information content (AvgIpc) is 2.37. The average molecular weight is 250 g/mol. The molecule has 19 heavy (non-hydrogen) atoms. The third kappa shape index (κ3) is 1.59. The lowest BCUT2D eigenvalue weighted by molar-refractivity contribution is 0.238. The second-order valence-electron chi connectivity index (χ2n) is 6.61. The van der Waals surface area contributed by atoms with Crippen molar-refractivity contribution in [3.05, 3.63) is 70.8 Å². The molecule has 0 saturated carbocycles. The van der Waals surface area contributed by atoms with Crippen LogP contribution in [0, 0.1) is 6.92 Å². The van der Waals surface area contributed by atoms with Crippen LogP contribution in [0.25, 0.3) is 0 Å². The van der Waals surface area contributed by atoms with Crippen molar-refractivity contribution in [2.24, 2.45) is 0 Å². The topological polar surface area (TPSA) is 0 Å². The maximum atomic E-state index is 2.42. The summed E-state index contributed by atoms with van der Waals surface area (Å²) in [5, 5.41) is 0. The summed E-state index contributed by atoms with van der Waals surface area (Å²) in [6, 6.07) is 17.7. The Balaban J connectivity index is 2.10. The smallest absolute Gasteiger partial charge is 0.00594 e. The Morgan fingerprint density at radius 1 is 0.947 bits per heavy atom. The zero-order valence-corrected chi connectivity index (χ0v) is 12.3. The Hall–Kier alpha value is -1.56. The molecule has 0 heteroatoms. The SMILES string of the molecule is Cc1ccccc1C(C)(C)[C@@]1(C)Cc2ccccc21. The van der Waals surface area contributed by atoms with Crippen LogP contribution < -0.4 is 0 Å². The normalized spacial score (nSPS) is 21.7. The first-order valence-electron chi connectivity index (χ1n) is 7.11. The minimum Gasteiger partial charge on any atom is -0.0620 e. The van der Waals surface area contributed by atoms with E-state index < -0.39 is 0 Å². The van der Waals surface area contributed by atoms with Gasteiger partial charge in [-0.1, -0.05) is 69.3 Å². The summed E-state index contributed by atoms with van der Waals surface area (Å²) in [6.45, 7) is 9.43. The van der Waals surface area contributed by atoms with E-state index in [1.807, 2.05) is 0 Å². The summed E-state index contributed by atoms with van der Waals surface area (Å²) in [5.74, 6) is 0. The van der Waals surface area contributed by atoms with Gasteiger partial charge < -0.3 is 0 Å². The van der Waals surface area contributed by atoms with E-state index in [1.165, 1.54) is 28.7 Å². The van der Waals surface area contributed by atoms with Crippen LogP contribution in [0.1, 0.15) is 43.0 Å². The van der Waals surface area contributed by atoms with Crippen molar-refractivity contribution in [3.63, 3.8) is 0 Å².